The van der Waals surface area contributed by atoms with E-state index in [2.05, 4.69) is 4.98 Å². The molecular formula is C27H31N3O4. The van der Waals surface area contributed by atoms with Gasteiger partial charge in [0.05, 0.1) is 16.8 Å². The highest BCUT2D eigenvalue weighted by molar-refractivity contribution is 5.95. The molecule has 4 rings (SSSR count). The van der Waals surface area contributed by atoms with Crippen LogP contribution in [0.5, 0.6) is 5.75 Å². The summed E-state index contributed by atoms with van der Waals surface area (Å²) in [6.07, 6.45) is 0.845. The number of carbonyl (C=O) groups excluding carboxylic acids is 2. The molecule has 1 heterocycles. The number of pyridine rings is 1. The molecule has 0 aliphatic heterocycles. The van der Waals surface area contributed by atoms with Gasteiger partial charge < -0.3 is 9.64 Å². The molecule has 34 heavy (non-hydrogen) atoms. The Morgan fingerprint density at radius 2 is 1.91 bits per heavy atom. The van der Waals surface area contributed by atoms with E-state index < -0.39 is 17.2 Å². The van der Waals surface area contributed by atoms with Crippen LogP contribution in [0.15, 0.2) is 54.6 Å². The van der Waals surface area contributed by atoms with Crippen LogP contribution in [-0.2, 0) is 22.6 Å². The summed E-state index contributed by atoms with van der Waals surface area (Å²) in [5.74, 6) is -0.394. The number of para-hydroxylation sites is 1. The first-order valence-electron chi connectivity index (χ1n) is 11.5. The molecule has 0 bridgehead atoms. The number of hydroxylamine groups is 1. The van der Waals surface area contributed by atoms with Crippen molar-refractivity contribution in [1.29, 1.82) is 0 Å². The summed E-state index contributed by atoms with van der Waals surface area (Å²) in [4.78, 5) is 31.6. The van der Waals surface area contributed by atoms with E-state index in [4.69, 9.17) is 9.94 Å². The molecular weight excluding hydrogens is 430 g/mol. The minimum atomic E-state index is -0.832. The van der Waals surface area contributed by atoms with E-state index in [0.29, 0.717) is 19.4 Å². The van der Waals surface area contributed by atoms with Crippen LogP contribution in [0, 0.1) is 18.3 Å². The van der Waals surface area contributed by atoms with Crippen molar-refractivity contribution < 1.29 is 19.5 Å². The summed E-state index contributed by atoms with van der Waals surface area (Å²) in [5, 5.41) is 10.2. The molecule has 178 valence electrons. The highest BCUT2D eigenvalue weighted by Gasteiger charge is 2.64. The topological polar surface area (TPSA) is 91.8 Å². The fraction of sp³-hybridized carbons (Fsp3) is 0.370. The second-order valence-electron chi connectivity index (χ2n) is 9.45. The predicted octanol–water partition coefficient (Wildman–Crippen LogP) is 4.04. The Bertz CT molecular complexity index is 1210. The molecule has 0 saturated heterocycles. The second-order valence-corrected chi connectivity index (χ2v) is 9.45. The lowest BCUT2D eigenvalue weighted by Crippen LogP contribution is -2.42. The molecule has 7 heteroatoms. The van der Waals surface area contributed by atoms with Crippen molar-refractivity contribution in [2.75, 3.05) is 7.05 Å². The van der Waals surface area contributed by atoms with Gasteiger partial charge in [-0.05, 0) is 63.4 Å². The number of hydrogen-bond donors (Lipinski definition) is 2. The van der Waals surface area contributed by atoms with Crippen LogP contribution in [0.25, 0.3) is 10.9 Å². The van der Waals surface area contributed by atoms with Crippen LogP contribution in [0.4, 0.5) is 0 Å². The normalized spacial score (nSPS) is 19.2. The Hall–Kier alpha value is -3.45. The van der Waals surface area contributed by atoms with Crippen molar-refractivity contribution in [1.82, 2.24) is 15.4 Å². The van der Waals surface area contributed by atoms with Gasteiger partial charge >= 0.3 is 0 Å². The monoisotopic (exact) mass is 461 g/mol. The first-order chi connectivity index (χ1) is 16.2. The van der Waals surface area contributed by atoms with Gasteiger partial charge in [-0.15, -0.1) is 0 Å². The molecule has 0 unspecified atom stereocenters. The highest BCUT2D eigenvalue weighted by atomic mass is 16.5. The zero-order valence-electron chi connectivity index (χ0n) is 20.0. The van der Waals surface area contributed by atoms with Gasteiger partial charge in [0, 0.05) is 29.7 Å². The summed E-state index contributed by atoms with van der Waals surface area (Å²) in [6, 6.07) is 17.7. The van der Waals surface area contributed by atoms with Crippen molar-refractivity contribution in [3.05, 3.63) is 71.4 Å². The maximum atomic E-state index is 13.2. The maximum absolute atomic E-state index is 13.2. The van der Waals surface area contributed by atoms with Crippen molar-refractivity contribution in [3.63, 3.8) is 0 Å². The minimum Gasteiger partial charge on any atom is -0.489 e. The van der Waals surface area contributed by atoms with E-state index in [1.807, 2.05) is 75.4 Å². The fourth-order valence-corrected chi connectivity index (χ4v) is 4.56. The van der Waals surface area contributed by atoms with Gasteiger partial charge in [0.25, 0.3) is 0 Å². The number of benzene rings is 2. The number of aromatic nitrogens is 1. The van der Waals surface area contributed by atoms with Gasteiger partial charge in [-0.2, -0.15) is 0 Å². The van der Waals surface area contributed by atoms with Crippen molar-refractivity contribution in [3.8, 4) is 5.75 Å². The van der Waals surface area contributed by atoms with E-state index in [1.54, 1.807) is 17.4 Å². The summed E-state index contributed by atoms with van der Waals surface area (Å²) in [6.45, 7) is 6.27. The Kier molecular flexibility index (Phi) is 6.57. The van der Waals surface area contributed by atoms with Gasteiger partial charge in [0.1, 0.15) is 12.4 Å². The van der Waals surface area contributed by atoms with Crippen LogP contribution in [0.2, 0.25) is 0 Å². The summed E-state index contributed by atoms with van der Waals surface area (Å²) < 4.78 is 6.05. The summed E-state index contributed by atoms with van der Waals surface area (Å²) in [5.41, 5.74) is 4.79. The molecule has 1 aliphatic rings. The molecule has 1 aromatic heterocycles. The number of amides is 2. The molecule has 1 fully saturated rings. The molecule has 0 spiro atoms. The van der Waals surface area contributed by atoms with E-state index in [-0.39, 0.29) is 11.9 Å². The predicted molar refractivity (Wildman–Crippen MR) is 129 cm³/mol. The van der Waals surface area contributed by atoms with Gasteiger partial charge in [-0.1, -0.05) is 30.3 Å². The Morgan fingerprint density at radius 1 is 1.21 bits per heavy atom. The number of aryl methyl sites for hydroxylation is 1. The zero-order chi connectivity index (χ0) is 24.5. The molecule has 0 radical (unpaired) electrons. The van der Waals surface area contributed by atoms with Crippen molar-refractivity contribution >= 4 is 22.7 Å². The summed E-state index contributed by atoms with van der Waals surface area (Å²) >= 11 is 0. The summed E-state index contributed by atoms with van der Waals surface area (Å²) in [7, 11) is 1.75. The van der Waals surface area contributed by atoms with Crippen LogP contribution < -0.4 is 10.2 Å². The Balaban J connectivity index is 1.48. The van der Waals surface area contributed by atoms with Crippen LogP contribution in [0.1, 0.15) is 37.1 Å². The van der Waals surface area contributed by atoms with Crippen molar-refractivity contribution in [2.45, 2.75) is 46.3 Å². The lowest BCUT2D eigenvalue weighted by atomic mass is 9.91. The Morgan fingerprint density at radius 3 is 2.59 bits per heavy atom. The van der Waals surface area contributed by atoms with Crippen LogP contribution in [-0.4, -0.2) is 40.0 Å². The lowest BCUT2D eigenvalue weighted by molar-refractivity contribution is -0.141. The van der Waals surface area contributed by atoms with Gasteiger partial charge in [0.15, 0.2) is 0 Å². The number of ether oxygens (including phenoxy) is 1. The first kappa shape index (κ1) is 23.7. The number of hydrogen-bond acceptors (Lipinski definition) is 5. The van der Waals surface area contributed by atoms with E-state index in [1.165, 1.54) is 0 Å². The molecule has 2 aromatic carbocycles. The van der Waals surface area contributed by atoms with Crippen LogP contribution in [0.3, 0.4) is 0 Å². The third-order valence-electron chi connectivity index (χ3n) is 6.79. The first-order valence-corrected chi connectivity index (χ1v) is 11.5. The maximum Gasteiger partial charge on any atom is 0.247 e. The van der Waals surface area contributed by atoms with Crippen molar-refractivity contribution in [2.24, 2.45) is 11.3 Å². The molecule has 2 atom stereocenters. The number of fused-ring (bicyclic) bond motifs is 1. The largest absolute Gasteiger partial charge is 0.489 e. The molecule has 3 aromatic rings. The Labute approximate surface area is 199 Å². The minimum absolute atomic E-state index is 0.0199. The molecule has 1 aliphatic carbocycles. The van der Waals surface area contributed by atoms with E-state index >= 15 is 0 Å². The standard InChI is InChI=1S/C27H31N3O4/c1-17(2)30(4)26(32)27(15-23(27)25(31)29-33)14-19-9-11-21(12-10-19)34-16-20-13-18(3)28-24-8-6-5-7-22(20)24/h5-13,17,23,33H,14-16H2,1-4H3,(H,29,31)/t23-,27+/m1/s1. The van der Waals surface area contributed by atoms with Gasteiger partial charge in [-0.25, -0.2) is 5.48 Å². The smallest absolute Gasteiger partial charge is 0.247 e. The van der Waals surface area contributed by atoms with Gasteiger partial charge in [-0.3, -0.25) is 19.8 Å². The SMILES string of the molecule is Cc1cc(COc2ccc(C[C@]3(C(=O)N(C)C(C)C)C[C@@H]3C(=O)NO)cc2)c2ccccc2n1. The molecule has 2 N–H and O–H groups in total. The average molecular weight is 462 g/mol. The number of rotatable bonds is 8. The van der Waals surface area contributed by atoms with Gasteiger partial charge in [0.2, 0.25) is 11.8 Å². The second kappa shape index (κ2) is 9.43. The number of nitrogens with one attached hydrogen (secondary N) is 1. The van der Waals surface area contributed by atoms with E-state index in [0.717, 1.165) is 33.5 Å². The highest BCUT2D eigenvalue weighted by Crippen LogP contribution is 2.56. The zero-order valence-corrected chi connectivity index (χ0v) is 20.0. The quantitative estimate of drug-likeness (QED) is 0.390. The fourth-order valence-electron chi connectivity index (χ4n) is 4.56. The molecule has 2 amide bonds. The number of nitrogens with zero attached hydrogens (tertiary/aromatic N) is 2. The van der Waals surface area contributed by atoms with Crippen LogP contribution >= 0.6 is 0 Å². The average Bonchev–Trinajstić information content (AvgIpc) is 3.56. The third kappa shape index (κ3) is 4.61. The molecule has 7 nitrogen and oxygen atoms in total. The number of carbonyl (C=O) groups is 2. The molecule has 1 saturated carbocycles. The third-order valence-corrected chi connectivity index (χ3v) is 6.79. The lowest BCUT2D eigenvalue weighted by Gasteiger charge is -2.27. The van der Waals surface area contributed by atoms with E-state index in [9.17, 15) is 9.59 Å².